The van der Waals surface area contributed by atoms with Crippen molar-refractivity contribution in [1.29, 1.82) is 0 Å². The molecule has 0 aliphatic heterocycles. The molecule has 0 aliphatic rings. The lowest BCUT2D eigenvalue weighted by molar-refractivity contribution is -0.390. The molecule has 26 heavy (non-hydrogen) atoms. The van der Waals surface area contributed by atoms with Crippen molar-refractivity contribution in [2.75, 3.05) is 7.11 Å². The summed E-state index contributed by atoms with van der Waals surface area (Å²) in [5.74, 6) is -2.44. The van der Waals surface area contributed by atoms with Crippen LogP contribution in [0.3, 0.4) is 0 Å². The number of methoxy groups -OCH3 is 1. The maximum atomic E-state index is 14.0. The number of imidazole rings is 1. The molecule has 0 fully saturated rings. The molecule has 1 N–H and O–H groups in total. The Morgan fingerprint density at radius 2 is 2.08 bits per heavy atom. The number of carbonyl (C=O) groups is 1. The van der Waals surface area contributed by atoms with E-state index in [4.69, 9.17) is 14.6 Å². The van der Waals surface area contributed by atoms with E-state index >= 15 is 0 Å². The standard InChI is InChI=1S/C16H12FN3O6/c1-25-11-5-2-4-10(17)9(11)8-26-12-6-3-7-19-14(12)18-13(16(21)22)15(19)20(23)24/h2-7H,8H2,1H3,(H,21,22). The Morgan fingerprint density at radius 3 is 2.73 bits per heavy atom. The van der Waals surface area contributed by atoms with Crippen LogP contribution in [-0.2, 0) is 6.61 Å². The third-order valence-corrected chi connectivity index (χ3v) is 3.63. The van der Waals surface area contributed by atoms with Crippen LogP contribution < -0.4 is 9.47 Å². The second-order valence-electron chi connectivity index (χ2n) is 5.12. The van der Waals surface area contributed by atoms with Crippen molar-refractivity contribution < 1.29 is 28.7 Å². The number of pyridine rings is 1. The molecule has 0 saturated carbocycles. The van der Waals surface area contributed by atoms with E-state index in [1.54, 1.807) is 6.07 Å². The van der Waals surface area contributed by atoms with Gasteiger partial charge in [-0.1, -0.05) is 6.07 Å². The second kappa shape index (κ2) is 6.67. The Bertz CT molecular complexity index is 1020. The number of benzene rings is 1. The van der Waals surface area contributed by atoms with Gasteiger partial charge in [-0.25, -0.2) is 9.18 Å². The predicted octanol–water partition coefficient (Wildman–Crippen LogP) is 2.67. The van der Waals surface area contributed by atoms with Crippen molar-refractivity contribution in [3.05, 3.63) is 63.7 Å². The maximum Gasteiger partial charge on any atom is 0.363 e. The number of carboxylic acids is 1. The molecular weight excluding hydrogens is 349 g/mol. The largest absolute Gasteiger partial charge is 0.496 e. The van der Waals surface area contributed by atoms with Crippen LogP contribution in [0.1, 0.15) is 16.1 Å². The first-order valence-electron chi connectivity index (χ1n) is 7.27. The zero-order valence-corrected chi connectivity index (χ0v) is 13.4. The fourth-order valence-electron chi connectivity index (χ4n) is 2.48. The quantitative estimate of drug-likeness (QED) is 0.530. The number of aromatic nitrogens is 2. The number of fused-ring (bicyclic) bond motifs is 1. The number of ether oxygens (including phenoxy) is 2. The Labute approximate surface area is 145 Å². The average molecular weight is 361 g/mol. The first-order valence-corrected chi connectivity index (χ1v) is 7.27. The number of hydrogen-bond donors (Lipinski definition) is 1. The molecule has 1 aromatic carbocycles. The van der Waals surface area contributed by atoms with Gasteiger partial charge >= 0.3 is 11.8 Å². The van der Waals surface area contributed by atoms with E-state index in [2.05, 4.69) is 4.98 Å². The number of carboxylic acid groups (broad SMARTS) is 1. The van der Waals surface area contributed by atoms with Crippen molar-refractivity contribution in [2.45, 2.75) is 6.61 Å². The predicted molar refractivity (Wildman–Crippen MR) is 86.1 cm³/mol. The van der Waals surface area contributed by atoms with Crippen molar-refractivity contribution >= 4 is 17.4 Å². The summed E-state index contributed by atoms with van der Waals surface area (Å²) in [6.45, 7) is -0.238. The normalized spacial score (nSPS) is 10.7. The molecule has 134 valence electrons. The van der Waals surface area contributed by atoms with E-state index in [0.29, 0.717) is 0 Å². The SMILES string of the molecule is COc1cccc(F)c1COc1cccn2c([N+](=O)[O-])c(C(=O)O)nc12. The smallest absolute Gasteiger partial charge is 0.363 e. The molecule has 0 bridgehead atoms. The first-order chi connectivity index (χ1) is 12.4. The van der Waals surface area contributed by atoms with Crippen LogP contribution in [0.15, 0.2) is 36.5 Å². The zero-order chi connectivity index (χ0) is 18.8. The summed E-state index contributed by atoms with van der Waals surface area (Å²) >= 11 is 0. The summed E-state index contributed by atoms with van der Waals surface area (Å²) in [5, 5.41) is 20.3. The lowest BCUT2D eigenvalue weighted by atomic mass is 10.2. The van der Waals surface area contributed by atoms with Gasteiger partial charge in [0.15, 0.2) is 5.75 Å². The third-order valence-electron chi connectivity index (χ3n) is 3.63. The van der Waals surface area contributed by atoms with Crippen LogP contribution in [0.5, 0.6) is 11.5 Å². The van der Waals surface area contributed by atoms with Gasteiger partial charge in [0.25, 0.3) is 5.65 Å². The lowest BCUT2D eigenvalue weighted by Crippen LogP contribution is -2.03. The first kappa shape index (κ1) is 17.1. The topological polar surface area (TPSA) is 116 Å². The summed E-state index contributed by atoms with van der Waals surface area (Å²) in [7, 11) is 1.39. The van der Waals surface area contributed by atoms with Gasteiger partial charge in [0.1, 0.15) is 18.2 Å². The molecule has 0 spiro atoms. The van der Waals surface area contributed by atoms with Gasteiger partial charge in [0.05, 0.1) is 18.9 Å². The summed E-state index contributed by atoms with van der Waals surface area (Å²) in [6.07, 6.45) is 1.30. The fraction of sp³-hybridized carbons (Fsp3) is 0.125. The summed E-state index contributed by atoms with van der Waals surface area (Å²) in [6, 6.07) is 7.16. The maximum absolute atomic E-state index is 14.0. The molecule has 10 heteroatoms. The van der Waals surface area contributed by atoms with E-state index in [9.17, 15) is 19.3 Å². The Kier molecular flexibility index (Phi) is 4.40. The molecule has 0 atom stereocenters. The lowest BCUT2D eigenvalue weighted by Gasteiger charge is -2.10. The van der Waals surface area contributed by atoms with Crippen LogP contribution in [-0.4, -0.2) is 32.5 Å². The Balaban J connectivity index is 2.03. The molecule has 0 amide bonds. The van der Waals surface area contributed by atoms with Gasteiger partial charge < -0.3 is 24.7 Å². The highest BCUT2D eigenvalue weighted by molar-refractivity contribution is 5.91. The summed E-state index contributed by atoms with van der Waals surface area (Å²) in [4.78, 5) is 25.4. The molecular formula is C16H12FN3O6. The highest BCUT2D eigenvalue weighted by Gasteiger charge is 2.29. The van der Waals surface area contributed by atoms with Crippen LogP contribution in [0.4, 0.5) is 10.2 Å². The number of halogens is 1. The van der Waals surface area contributed by atoms with Crippen molar-refractivity contribution in [3.63, 3.8) is 0 Å². The molecule has 0 radical (unpaired) electrons. The minimum absolute atomic E-state index is 0.0630. The summed E-state index contributed by atoms with van der Waals surface area (Å²) < 4.78 is 25.6. The molecule has 0 unspecified atom stereocenters. The molecule has 2 aromatic heterocycles. The highest BCUT2D eigenvalue weighted by Crippen LogP contribution is 2.29. The van der Waals surface area contributed by atoms with E-state index in [1.165, 1.54) is 37.6 Å². The molecule has 3 aromatic rings. The van der Waals surface area contributed by atoms with E-state index in [0.717, 1.165) is 4.40 Å². The van der Waals surface area contributed by atoms with Crippen molar-refractivity contribution in [3.8, 4) is 11.5 Å². The van der Waals surface area contributed by atoms with E-state index in [-0.39, 0.29) is 29.3 Å². The van der Waals surface area contributed by atoms with Gasteiger partial charge in [0, 0.05) is 0 Å². The van der Waals surface area contributed by atoms with Crippen LogP contribution in [0.25, 0.3) is 5.65 Å². The molecule has 9 nitrogen and oxygen atoms in total. The third kappa shape index (κ3) is 2.88. The van der Waals surface area contributed by atoms with Crippen molar-refractivity contribution in [1.82, 2.24) is 9.38 Å². The number of nitrogens with zero attached hydrogens (tertiary/aromatic N) is 3. The molecule has 0 saturated heterocycles. The number of hydrogen-bond acceptors (Lipinski definition) is 6. The summed E-state index contributed by atoms with van der Waals surface area (Å²) in [5.41, 5.74) is -0.627. The number of nitro groups is 1. The average Bonchev–Trinajstić information content (AvgIpc) is 3.01. The second-order valence-corrected chi connectivity index (χ2v) is 5.12. The van der Waals surface area contributed by atoms with E-state index < -0.39 is 28.2 Å². The molecule has 0 aliphatic carbocycles. The highest BCUT2D eigenvalue weighted by atomic mass is 19.1. The van der Waals surface area contributed by atoms with E-state index in [1.807, 2.05) is 0 Å². The molecule has 2 heterocycles. The fourth-order valence-corrected chi connectivity index (χ4v) is 2.48. The van der Waals surface area contributed by atoms with Crippen LogP contribution in [0.2, 0.25) is 0 Å². The Morgan fingerprint density at radius 1 is 1.35 bits per heavy atom. The van der Waals surface area contributed by atoms with Gasteiger partial charge in [-0.05, 0) is 29.2 Å². The number of rotatable bonds is 6. The molecule has 3 rings (SSSR count). The van der Waals surface area contributed by atoms with Crippen LogP contribution >= 0.6 is 0 Å². The van der Waals surface area contributed by atoms with Crippen LogP contribution in [0, 0.1) is 15.9 Å². The minimum atomic E-state index is -1.54. The van der Waals surface area contributed by atoms with Crippen molar-refractivity contribution in [2.24, 2.45) is 0 Å². The van der Waals surface area contributed by atoms with Gasteiger partial charge in [0.2, 0.25) is 5.69 Å². The van der Waals surface area contributed by atoms with Gasteiger partial charge in [-0.15, -0.1) is 0 Å². The van der Waals surface area contributed by atoms with Gasteiger partial charge in [-0.3, -0.25) is 0 Å². The zero-order valence-electron chi connectivity index (χ0n) is 13.4. The number of aromatic carboxylic acids is 1. The minimum Gasteiger partial charge on any atom is -0.496 e. The Hall–Kier alpha value is -3.69. The van der Waals surface area contributed by atoms with Gasteiger partial charge in [-0.2, -0.15) is 9.38 Å². The monoisotopic (exact) mass is 361 g/mol.